The first-order chi connectivity index (χ1) is 6.97. The van der Waals surface area contributed by atoms with Gasteiger partial charge in [0, 0.05) is 6.61 Å². The van der Waals surface area contributed by atoms with Crippen molar-refractivity contribution in [3.8, 4) is 0 Å². The van der Waals surface area contributed by atoms with E-state index >= 15 is 0 Å². The van der Waals surface area contributed by atoms with Gasteiger partial charge in [-0.15, -0.1) is 0 Å². The number of nitrogens with two attached hydrogens (primary N) is 1. The van der Waals surface area contributed by atoms with Gasteiger partial charge in [0.2, 0.25) is 10.0 Å². The van der Waals surface area contributed by atoms with Gasteiger partial charge in [0.1, 0.15) is 6.10 Å². The van der Waals surface area contributed by atoms with E-state index in [1.165, 1.54) is 0 Å². The lowest BCUT2D eigenvalue weighted by Crippen LogP contribution is -2.36. The monoisotopic (exact) mass is 237 g/mol. The van der Waals surface area contributed by atoms with Gasteiger partial charge in [-0.1, -0.05) is 6.92 Å². The van der Waals surface area contributed by atoms with Crippen LogP contribution in [-0.4, -0.2) is 40.1 Å². The molecule has 1 fully saturated rings. The molecule has 2 N–H and O–H groups in total. The molecule has 1 aliphatic rings. The van der Waals surface area contributed by atoms with E-state index in [-0.39, 0.29) is 11.9 Å². The highest BCUT2D eigenvalue weighted by Gasteiger charge is 2.18. The average molecular weight is 237 g/mol. The van der Waals surface area contributed by atoms with Crippen LogP contribution in [0, 0.1) is 5.92 Å². The van der Waals surface area contributed by atoms with Crippen LogP contribution in [0.1, 0.15) is 19.8 Å². The van der Waals surface area contributed by atoms with E-state index in [1.54, 1.807) is 0 Å². The fraction of sp³-hybridized carbons (Fsp3) is 1.00. The molecule has 1 aliphatic heterocycles. The van der Waals surface area contributed by atoms with Crippen LogP contribution in [-0.2, 0) is 19.5 Å². The van der Waals surface area contributed by atoms with E-state index in [0.29, 0.717) is 32.2 Å². The lowest BCUT2D eigenvalue weighted by molar-refractivity contribution is -0.131. The van der Waals surface area contributed by atoms with Crippen LogP contribution in [0.15, 0.2) is 0 Å². The van der Waals surface area contributed by atoms with Gasteiger partial charge in [-0.05, 0) is 18.8 Å². The van der Waals surface area contributed by atoms with Crippen molar-refractivity contribution in [3.05, 3.63) is 0 Å². The van der Waals surface area contributed by atoms with Crippen LogP contribution in [0.3, 0.4) is 0 Å². The Morgan fingerprint density at radius 3 is 2.60 bits per heavy atom. The van der Waals surface area contributed by atoms with Gasteiger partial charge in [-0.25, -0.2) is 13.6 Å². The molecule has 5 nitrogen and oxygen atoms in total. The first-order valence-electron chi connectivity index (χ1n) is 5.17. The van der Waals surface area contributed by atoms with Gasteiger partial charge < -0.3 is 9.47 Å². The molecule has 0 aliphatic carbocycles. The third-order valence-corrected chi connectivity index (χ3v) is 3.27. The molecule has 1 atom stereocenters. The largest absolute Gasteiger partial charge is 0.376 e. The fourth-order valence-corrected chi connectivity index (χ4v) is 1.99. The van der Waals surface area contributed by atoms with E-state index in [2.05, 4.69) is 0 Å². The van der Waals surface area contributed by atoms with Gasteiger partial charge in [0.05, 0.1) is 19.0 Å². The maximum Gasteiger partial charge on any atom is 0.209 e. The Labute approximate surface area is 91.0 Å². The number of rotatable bonds is 7. The van der Waals surface area contributed by atoms with Gasteiger partial charge in [-0.2, -0.15) is 0 Å². The second-order valence-electron chi connectivity index (χ2n) is 4.08. The SMILES string of the molecule is CC(CCOC1COC1)CCS(N)(=O)=O. The second-order valence-corrected chi connectivity index (χ2v) is 5.81. The summed E-state index contributed by atoms with van der Waals surface area (Å²) < 4.78 is 31.8. The van der Waals surface area contributed by atoms with Crippen LogP contribution in [0.5, 0.6) is 0 Å². The zero-order valence-electron chi connectivity index (χ0n) is 9.02. The van der Waals surface area contributed by atoms with Crippen LogP contribution in [0.2, 0.25) is 0 Å². The maximum atomic E-state index is 10.7. The van der Waals surface area contributed by atoms with Gasteiger partial charge in [0.15, 0.2) is 0 Å². The molecule has 0 aromatic heterocycles. The van der Waals surface area contributed by atoms with E-state index in [9.17, 15) is 8.42 Å². The van der Waals surface area contributed by atoms with Crippen molar-refractivity contribution >= 4 is 10.0 Å². The molecule has 0 aromatic rings. The predicted molar refractivity (Wildman–Crippen MR) is 56.9 cm³/mol. The Balaban J connectivity index is 2.00. The summed E-state index contributed by atoms with van der Waals surface area (Å²) in [5, 5.41) is 4.92. The molecule has 1 saturated heterocycles. The predicted octanol–water partition coefficient (Wildman–Crippen LogP) is 0.107. The smallest absolute Gasteiger partial charge is 0.209 e. The van der Waals surface area contributed by atoms with Gasteiger partial charge in [0.25, 0.3) is 0 Å². The van der Waals surface area contributed by atoms with E-state index in [0.717, 1.165) is 6.42 Å². The minimum atomic E-state index is -3.31. The summed E-state index contributed by atoms with van der Waals surface area (Å²) in [6, 6.07) is 0. The molecule has 0 aromatic carbocycles. The Morgan fingerprint density at radius 1 is 1.47 bits per heavy atom. The third kappa shape index (κ3) is 6.09. The molecule has 1 unspecified atom stereocenters. The summed E-state index contributed by atoms with van der Waals surface area (Å²) in [7, 11) is -3.31. The Hall–Kier alpha value is -0.170. The minimum absolute atomic E-state index is 0.0563. The van der Waals surface area contributed by atoms with E-state index < -0.39 is 10.0 Å². The zero-order chi connectivity index (χ0) is 11.3. The standard InChI is InChI=1S/C9H19NO4S/c1-8(3-5-15(10,11)12)2-4-14-9-6-13-7-9/h8-9H,2-7H2,1H3,(H2,10,11,12). The number of hydrogen-bond donors (Lipinski definition) is 1. The molecule has 6 heteroatoms. The quantitative estimate of drug-likeness (QED) is 0.681. The summed E-state index contributed by atoms with van der Waals surface area (Å²) in [4.78, 5) is 0. The number of sulfonamides is 1. The topological polar surface area (TPSA) is 78.6 Å². The molecule has 0 amide bonds. The second kappa shape index (κ2) is 5.79. The van der Waals surface area contributed by atoms with Crippen LogP contribution in [0.4, 0.5) is 0 Å². The minimum Gasteiger partial charge on any atom is -0.376 e. The molecular weight excluding hydrogens is 218 g/mol. The average Bonchev–Trinajstić information content (AvgIpc) is 2.04. The summed E-state index contributed by atoms with van der Waals surface area (Å²) in [5.74, 6) is 0.380. The van der Waals surface area contributed by atoms with Crippen molar-refractivity contribution in [2.75, 3.05) is 25.6 Å². The molecule has 1 rings (SSSR count). The van der Waals surface area contributed by atoms with Crippen molar-refractivity contribution in [2.45, 2.75) is 25.9 Å². The number of primary sulfonamides is 1. The summed E-state index contributed by atoms with van der Waals surface area (Å²) in [6.07, 6.45) is 1.71. The van der Waals surface area contributed by atoms with Gasteiger partial charge >= 0.3 is 0 Å². The zero-order valence-corrected chi connectivity index (χ0v) is 9.83. The summed E-state index contributed by atoms with van der Waals surface area (Å²) in [5.41, 5.74) is 0. The molecule has 0 saturated carbocycles. The van der Waals surface area contributed by atoms with Crippen LogP contribution < -0.4 is 5.14 Å². The summed E-state index contributed by atoms with van der Waals surface area (Å²) >= 11 is 0. The molecule has 0 spiro atoms. The normalized spacial score (nSPS) is 19.9. The molecule has 90 valence electrons. The third-order valence-electron chi connectivity index (χ3n) is 2.47. The molecule has 0 bridgehead atoms. The molecular formula is C9H19NO4S. The van der Waals surface area contributed by atoms with Crippen molar-refractivity contribution in [1.29, 1.82) is 0 Å². The Morgan fingerprint density at radius 2 is 2.13 bits per heavy atom. The van der Waals surface area contributed by atoms with Crippen LogP contribution in [0.25, 0.3) is 0 Å². The maximum absolute atomic E-state index is 10.7. The highest BCUT2D eigenvalue weighted by Crippen LogP contribution is 2.11. The highest BCUT2D eigenvalue weighted by atomic mass is 32.2. The molecule has 1 heterocycles. The van der Waals surface area contributed by atoms with Crippen LogP contribution >= 0.6 is 0 Å². The molecule has 0 radical (unpaired) electrons. The highest BCUT2D eigenvalue weighted by molar-refractivity contribution is 7.89. The van der Waals surface area contributed by atoms with Crippen molar-refractivity contribution in [3.63, 3.8) is 0 Å². The van der Waals surface area contributed by atoms with Crippen molar-refractivity contribution < 1.29 is 17.9 Å². The Bertz CT molecular complexity index is 274. The number of hydrogen-bond acceptors (Lipinski definition) is 4. The van der Waals surface area contributed by atoms with Gasteiger partial charge in [-0.3, -0.25) is 0 Å². The van der Waals surface area contributed by atoms with E-state index in [4.69, 9.17) is 14.6 Å². The Kier molecular flexibility index (Phi) is 4.98. The van der Waals surface area contributed by atoms with Crippen molar-refractivity contribution in [1.82, 2.24) is 0 Å². The first kappa shape index (κ1) is 12.9. The van der Waals surface area contributed by atoms with E-state index in [1.807, 2.05) is 6.92 Å². The first-order valence-corrected chi connectivity index (χ1v) is 6.89. The van der Waals surface area contributed by atoms with Crippen molar-refractivity contribution in [2.24, 2.45) is 11.1 Å². The summed E-state index contributed by atoms with van der Waals surface area (Å²) in [6.45, 7) is 4.04. The lowest BCUT2D eigenvalue weighted by atomic mass is 10.1. The lowest BCUT2D eigenvalue weighted by Gasteiger charge is -2.26. The molecule has 15 heavy (non-hydrogen) atoms. The number of ether oxygens (including phenoxy) is 2. The fourth-order valence-electron chi connectivity index (χ4n) is 1.26.